The zero-order valence-corrected chi connectivity index (χ0v) is 10.8. The highest BCUT2D eigenvalue weighted by Crippen LogP contribution is 2.26. The molecule has 0 amide bonds. The molecule has 3 rings (SSSR count). The maximum atomic E-state index is 10.3. The van der Waals surface area contributed by atoms with Gasteiger partial charge in [0.25, 0.3) is 0 Å². The number of para-hydroxylation sites is 1. The van der Waals surface area contributed by atoms with E-state index >= 15 is 0 Å². The van der Waals surface area contributed by atoms with Crippen LogP contribution in [0.3, 0.4) is 0 Å². The summed E-state index contributed by atoms with van der Waals surface area (Å²) in [6, 6.07) is 15.9. The van der Waals surface area contributed by atoms with E-state index in [2.05, 4.69) is 29.2 Å². The number of nitrogen functional groups attached to an aromatic ring is 1. The molecule has 1 aliphatic heterocycles. The molecule has 19 heavy (non-hydrogen) atoms. The van der Waals surface area contributed by atoms with Gasteiger partial charge in [-0.2, -0.15) is 0 Å². The summed E-state index contributed by atoms with van der Waals surface area (Å²) in [6.45, 7) is 2.42. The molecule has 0 radical (unpaired) electrons. The minimum Gasteiger partial charge on any atom is -0.398 e. The molecule has 0 saturated carbocycles. The van der Waals surface area contributed by atoms with Gasteiger partial charge in [-0.05, 0) is 17.2 Å². The van der Waals surface area contributed by atoms with Crippen molar-refractivity contribution in [2.24, 2.45) is 0 Å². The standard InChI is InChI=1S/C16H18N2O/c17-15-8-4-3-7-14(15)16(19)11-18-9-12-5-1-2-6-13(12)10-18/h1-8,16,19H,9-11,17H2. The van der Waals surface area contributed by atoms with Gasteiger partial charge in [0.15, 0.2) is 0 Å². The van der Waals surface area contributed by atoms with E-state index in [4.69, 9.17) is 5.73 Å². The molecular weight excluding hydrogens is 236 g/mol. The summed E-state index contributed by atoms with van der Waals surface area (Å²) >= 11 is 0. The second-order valence-corrected chi connectivity index (χ2v) is 5.08. The van der Waals surface area contributed by atoms with Crippen molar-refractivity contribution in [1.82, 2.24) is 4.90 Å². The van der Waals surface area contributed by atoms with Crippen molar-refractivity contribution in [2.75, 3.05) is 12.3 Å². The molecule has 1 atom stereocenters. The number of nitrogens with two attached hydrogens (primary N) is 1. The van der Waals surface area contributed by atoms with Crippen molar-refractivity contribution in [3.63, 3.8) is 0 Å². The third-order valence-electron chi connectivity index (χ3n) is 3.69. The van der Waals surface area contributed by atoms with Gasteiger partial charge in [-0.25, -0.2) is 0 Å². The van der Waals surface area contributed by atoms with Crippen LogP contribution in [0.1, 0.15) is 22.8 Å². The molecule has 0 aromatic heterocycles. The number of β-amino-alcohol motifs (C(OH)–C–C–N with tert-alkyl or cyclic N) is 1. The zero-order valence-electron chi connectivity index (χ0n) is 10.8. The number of anilines is 1. The van der Waals surface area contributed by atoms with Crippen LogP contribution in [0.4, 0.5) is 5.69 Å². The predicted octanol–water partition coefficient (Wildman–Crippen LogP) is 2.32. The molecule has 3 heteroatoms. The van der Waals surface area contributed by atoms with Crippen LogP contribution in [0.25, 0.3) is 0 Å². The summed E-state index contributed by atoms with van der Waals surface area (Å²) in [4.78, 5) is 2.25. The number of nitrogens with zero attached hydrogens (tertiary/aromatic N) is 1. The van der Waals surface area contributed by atoms with E-state index in [-0.39, 0.29) is 0 Å². The Balaban J connectivity index is 1.69. The van der Waals surface area contributed by atoms with Gasteiger partial charge in [0.2, 0.25) is 0 Å². The van der Waals surface area contributed by atoms with Crippen molar-refractivity contribution in [1.29, 1.82) is 0 Å². The van der Waals surface area contributed by atoms with E-state index in [9.17, 15) is 5.11 Å². The first-order chi connectivity index (χ1) is 9.24. The van der Waals surface area contributed by atoms with E-state index in [1.54, 1.807) is 0 Å². The number of aliphatic hydroxyl groups excluding tert-OH is 1. The lowest BCUT2D eigenvalue weighted by atomic mass is 10.1. The average Bonchev–Trinajstić information content (AvgIpc) is 2.81. The number of aliphatic hydroxyl groups is 1. The first-order valence-corrected chi connectivity index (χ1v) is 6.55. The van der Waals surface area contributed by atoms with Crippen LogP contribution in [-0.2, 0) is 13.1 Å². The van der Waals surface area contributed by atoms with Gasteiger partial charge < -0.3 is 10.8 Å². The number of rotatable bonds is 3. The molecule has 1 unspecified atom stereocenters. The third kappa shape index (κ3) is 2.48. The molecule has 1 aliphatic rings. The molecule has 3 nitrogen and oxygen atoms in total. The molecule has 2 aromatic carbocycles. The summed E-state index contributed by atoms with van der Waals surface area (Å²) in [6.07, 6.45) is -0.532. The number of fused-ring (bicyclic) bond motifs is 1. The normalized spacial score (nSPS) is 16.3. The molecule has 1 heterocycles. The van der Waals surface area contributed by atoms with Crippen molar-refractivity contribution >= 4 is 5.69 Å². The van der Waals surface area contributed by atoms with Crippen molar-refractivity contribution in [2.45, 2.75) is 19.2 Å². The summed E-state index contributed by atoms with van der Waals surface area (Å²) in [5.74, 6) is 0. The minimum atomic E-state index is -0.532. The first-order valence-electron chi connectivity index (χ1n) is 6.55. The van der Waals surface area contributed by atoms with Crippen molar-refractivity contribution in [3.8, 4) is 0 Å². The molecule has 0 bridgehead atoms. The summed E-state index contributed by atoms with van der Waals surface area (Å²) < 4.78 is 0. The molecule has 0 aliphatic carbocycles. The average molecular weight is 254 g/mol. The van der Waals surface area contributed by atoms with Crippen LogP contribution in [0, 0.1) is 0 Å². The molecule has 0 saturated heterocycles. The van der Waals surface area contributed by atoms with Crippen molar-refractivity contribution < 1.29 is 5.11 Å². The highest BCUT2D eigenvalue weighted by Gasteiger charge is 2.21. The number of hydrogen-bond acceptors (Lipinski definition) is 3. The fourth-order valence-corrected chi connectivity index (χ4v) is 2.69. The Morgan fingerprint density at radius 1 is 1.00 bits per heavy atom. The maximum absolute atomic E-state index is 10.3. The topological polar surface area (TPSA) is 49.5 Å². The van der Waals surface area contributed by atoms with Gasteiger partial charge in [-0.3, -0.25) is 4.90 Å². The Bertz CT molecular complexity index is 557. The summed E-state index contributed by atoms with van der Waals surface area (Å²) in [7, 11) is 0. The van der Waals surface area contributed by atoms with Gasteiger partial charge in [-0.1, -0.05) is 42.5 Å². The lowest BCUT2D eigenvalue weighted by Gasteiger charge is -2.20. The fourth-order valence-electron chi connectivity index (χ4n) is 2.69. The number of benzene rings is 2. The zero-order chi connectivity index (χ0) is 13.2. The quantitative estimate of drug-likeness (QED) is 0.826. The fraction of sp³-hybridized carbons (Fsp3) is 0.250. The molecule has 98 valence electrons. The first kappa shape index (κ1) is 12.2. The molecular formula is C16H18N2O. The summed E-state index contributed by atoms with van der Waals surface area (Å²) in [5.41, 5.74) is 10.1. The van der Waals surface area contributed by atoms with Crippen LogP contribution in [0.15, 0.2) is 48.5 Å². The van der Waals surface area contributed by atoms with Gasteiger partial charge in [-0.15, -0.1) is 0 Å². The van der Waals surface area contributed by atoms with Crippen LogP contribution in [0.2, 0.25) is 0 Å². The van der Waals surface area contributed by atoms with Crippen LogP contribution in [-0.4, -0.2) is 16.6 Å². The van der Waals surface area contributed by atoms with Gasteiger partial charge in [0, 0.05) is 30.9 Å². The monoisotopic (exact) mass is 254 g/mol. The predicted molar refractivity (Wildman–Crippen MR) is 76.4 cm³/mol. The second-order valence-electron chi connectivity index (χ2n) is 5.08. The Morgan fingerprint density at radius 3 is 2.21 bits per heavy atom. The van der Waals surface area contributed by atoms with E-state index in [1.807, 2.05) is 24.3 Å². The minimum absolute atomic E-state index is 0.532. The highest BCUT2D eigenvalue weighted by atomic mass is 16.3. The van der Waals surface area contributed by atoms with Gasteiger partial charge in [0.05, 0.1) is 6.10 Å². The van der Waals surface area contributed by atoms with Crippen LogP contribution < -0.4 is 5.73 Å². The van der Waals surface area contributed by atoms with E-state index in [0.29, 0.717) is 12.2 Å². The van der Waals surface area contributed by atoms with Gasteiger partial charge >= 0.3 is 0 Å². The molecule has 0 fully saturated rings. The van der Waals surface area contributed by atoms with Crippen molar-refractivity contribution in [3.05, 3.63) is 65.2 Å². The largest absolute Gasteiger partial charge is 0.398 e. The van der Waals surface area contributed by atoms with E-state index in [1.165, 1.54) is 11.1 Å². The Morgan fingerprint density at radius 2 is 1.58 bits per heavy atom. The highest BCUT2D eigenvalue weighted by molar-refractivity contribution is 5.47. The van der Waals surface area contributed by atoms with Crippen LogP contribution in [0.5, 0.6) is 0 Å². The van der Waals surface area contributed by atoms with Crippen LogP contribution >= 0.6 is 0 Å². The number of hydrogen-bond donors (Lipinski definition) is 2. The third-order valence-corrected chi connectivity index (χ3v) is 3.69. The lowest BCUT2D eigenvalue weighted by molar-refractivity contribution is 0.113. The van der Waals surface area contributed by atoms with E-state index < -0.39 is 6.10 Å². The Hall–Kier alpha value is -1.84. The Labute approximate surface area is 113 Å². The second kappa shape index (κ2) is 5.03. The van der Waals surface area contributed by atoms with Gasteiger partial charge in [0.1, 0.15) is 0 Å². The smallest absolute Gasteiger partial charge is 0.0936 e. The van der Waals surface area contributed by atoms with E-state index in [0.717, 1.165) is 18.7 Å². The maximum Gasteiger partial charge on any atom is 0.0936 e. The summed E-state index contributed by atoms with van der Waals surface area (Å²) in [5, 5.41) is 10.3. The Kier molecular flexibility index (Phi) is 3.23. The lowest BCUT2D eigenvalue weighted by Crippen LogP contribution is -2.23. The molecule has 2 aromatic rings. The SMILES string of the molecule is Nc1ccccc1C(O)CN1Cc2ccccc2C1. The molecule has 0 spiro atoms. The molecule has 3 N–H and O–H groups in total.